The average Bonchev–Trinajstić information content (AvgIpc) is 2.65. The van der Waals surface area contributed by atoms with Crippen molar-refractivity contribution >= 4 is 0 Å². The third-order valence-corrected chi connectivity index (χ3v) is 1.72. The molecule has 0 bridgehead atoms. The molecule has 0 aliphatic carbocycles. The second-order valence-corrected chi connectivity index (χ2v) is 2.76. The Hall–Kier alpha value is -1.91. The van der Waals surface area contributed by atoms with E-state index in [2.05, 4.69) is 15.1 Å². The maximum Gasteiger partial charge on any atom is 0.259 e. The molecule has 14 heavy (non-hydrogen) atoms. The summed E-state index contributed by atoms with van der Waals surface area (Å²) in [6.45, 7) is 1.76. The maximum absolute atomic E-state index is 5.03. The van der Waals surface area contributed by atoms with Crippen LogP contribution in [-0.2, 0) is 0 Å². The highest BCUT2D eigenvalue weighted by molar-refractivity contribution is 5.53. The van der Waals surface area contributed by atoms with Crippen LogP contribution in [0.4, 0.5) is 0 Å². The van der Waals surface area contributed by atoms with Crippen LogP contribution < -0.4 is 4.74 Å². The summed E-state index contributed by atoms with van der Waals surface area (Å²) in [4.78, 5) is 8.07. The molecule has 0 saturated carbocycles. The Bertz CT molecular complexity index is 439. The molecule has 0 saturated heterocycles. The summed E-state index contributed by atoms with van der Waals surface area (Å²) in [5.74, 6) is 1.72. The Morgan fingerprint density at radius 3 is 2.86 bits per heavy atom. The van der Waals surface area contributed by atoms with Gasteiger partial charge in [-0.25, -0.2) is 0 Å². The molecule has 0 unspecified atom stereocenters. The molecule has 2 aromatic heterocycles. The molecule has 0 atom stereocenters. The molecule has 0 radical (unpaired) electrons. The number of pyridine rings is 1. The first-order chi connectivity index (χ1) is 6.79. The van der Waals surface area contributed by atoms with Crippen molar-refractivity contribution in [3.8, 4) is 17.2 Å². The normalized spacial score (nSPS) is 10.1. The Labute approximate surface area is 80.7 Å². The standard InChI is InChI=1S/C9H9N3O2/c1-6-11-9(14-12-6)7-3-8(13-2)5-10-4-7/h3-5H,1-2H3. The lowest BCUT2D eigenvalue weighted by Crippen LogP contribution is -1.86. The number of methoxy groups -OCH3 is 1. The van der Waals surface area contributed by atoms with Gasteiger partial charge in [0.05, 0.1) is 18.9 Å². The van der Waals surface area contributed by atoms with Crippen molar-refractivity contribution in [1.82, 2.24) is 15.1 Å². The van der Waals surface area contributed by atoms with Gasteiger partial charge in [0.2, 0.25) is 0 Å². The van der Waals surface area contributed by atoms with E-state index in [1.54, 1.807) is 32.5 Å². The molecule has 0 spiro atoms. The highest BCUT2D eigenvalue weighted by Crippen LogP contribution is 2.20. The van der Waals surface area contributed by atoms with Gasteiger partial charge in [0, 0.05) is 6.20 Å². The van der Waals surface area contributed by atoms with Gasteiger partial charge >= 0.3 is 0 Å². The van der Waals surface area contributed by atoms with Gasteiger partial charge in [-0.05, 0) is 13.0 Å². The van der Waals surface area contributed by atoms with E-state index in [1.165, 1.54) is 0 Å². The topological polar surface area (TPSA) is 61.0 Å². The summed E-state index contributed by atoms with van der Waals surface area (Å²) in [5.41, 5.74) is 0.755. The number of hydrogen-bond acceptors (Lipinski definition) is 5. The first-order valence-electron chi connectivity index (χ1n) is 4.09. The highest BCUT2D eigenvalue weighted by Gasteiger charge is 2.07. The lowest BCUT2D eigenvalue weighted by molar-refractivity contribution is 0.410. The molecule has 0 fully saturated rings. The Balaban J connectivity index is 2.41. The molecule has 5 nitrogen and oxygen atoms in total. The lowest BCUT2D eigenvalue weighted by Gasteiger charge is -1.98. The quantitative estimate of drug-likeness (QED) is 0.718. The van der Waals surface area contributed by atoms with E-state index in [0.29, 0.717) is 17.5 Å². The Morgan fingerprint density at radius 2 is 2.21 bits per heavy atom. The zero-order valence-corrected chi connectivity index (χ0v) is 7.89. The summed E-state index contributed by atoms with van der Waals surface area (Å²) in [7, 11) is 1.58. The lowest BCUT2D eigenvalue weighted by atomic mass is 10.3. The molecule has 0 amide bonds. The summed E-state index contributed by atoms with van der Waals surface area (Å²) >= 11 is 0. The van der Waals surface area contributed by atoms with Crippen LogP contribution in [0.25, 0.3) is 11.5 Å². The van der Waals surface area contributed by atoms with Crippen LogP contribution in [0.3, 0.4) is 0 Å². The molecular formula is C9H9N3O2. The van der Waals surface area contributed by atoms with E-state index < -0.39 is 0 Å². The highest BCUT2D eigenvalue weighted by atomic mass is 16.5. The number of ether oxygens (including phenoxy) is 1. The molecule has 0 aromatic carbocycles. The van der Waals surface area contributed by atoms with Gasteiger partial charge in [0.1, 0.15) is 5.75 Å². The van der Waals surface area contributed by atoms with Crippen LogP contribution in [0.2, 0.25) is 0 Å². The van der Waals surface area contributed by atoms with Crippen molar-refractivity contribution < 1.29 is 9.26 Å². The minimum atomic E-state index is 0.453. The molecule has 2 aromatic rings. The van der Waals surface area contributed by atoms with Crippen LogP contribution >= 0.6 is 0 Å². The Kier molecular flexibility index (Phi) is 2.14. The minimum absolute atomic E-state index is 0.453. The van der Waals surface area contributed by atoms with Crippen LogP contribution in [0.1, 0.15) is 5.82 Å². The van der Waals surface area contributed by atoms with Crippen molar-refractivity contribution in [2.24, 2.45) is 0 Å². The van der Waals surface area contributed by atoms with Gasteiger partial charge in [-0.3, -0.25) is 4.98 Å². The first kappa shape index (κ1) is 8.68. The second kappa shape index (κ2) is 3.45. The number of hydrogen-bond donors (Lipinski definition) is 0. The number of aromatic nitrogens is 3. The van der Waals surface area contributed by atoms with E-state index in [0.717, 1.165) is 5.56 Å². The number of nitrogens with zero attached hydrogens (tertiary/aromatic N) is 3. The fourth-order valence-electron chi connectivity index (χ4n) is 1.06. The summed E-state index contributed by atoms with van der Waals surface area (Å²) in [5, 5.41) is 3.69. The molecule has 0 aliphatic rings. The van der Waals surface area contributed by atoms with Gasteiger partial charge in [-0.2, -0.15) is 4.98 Å². The minimum Gasteiger partial charge on any atom is -0.495 e. The van der Waals surface area contributed by atoms with Crippen LogP contribution in [0.5, 0.6) is 5.75 Å². The molecular weight excluding hydrogens is 182 g/mol. The van der Waals surface area contributed by atoms with Gasteiger partial charge in [-0.15, -0.1) is 0 Å². The smallest absolute Gasteiger partial charge is 0.259 e. The number of aryl methyl sites for hydroxylation is 1. The van der Waals surface area contributed by atoms with Crippen molar-refractivity contribution in [2.45, 2.75) is 6.92 Å². The Morgan fingerprint density at radius 1 is 1.36 bits per heavy atom. The summed E-state index contributed by atoms with van der Waals surface area (Å²) in [6, 6.07) is 1.79. The third-order valence-electron chi connectivity index (χ3n) is 1.72. The number of rotatable bonds is 2. The van der Waals surface area contributed by atoms with Gasteiger partial charge in [0.15, 0.2) is 5.82 Å². The van der Waals surface area contributed by atoms with E-state index >= 15 is 0 Å². The molecule has 0 N–H and O–H groups in total. The average molecular weight is 191 g/mol. The van der Waals surface area contributed by atoms with Gasteiger partial charge in [0.25, 0.3) is 5.89 Å². The van der Waals surface area contributed by atoms with Gasteiger partial charge in [-0.1, -0.05) is 5.16 Å². The van der Waals surface area contributed by atoms with Crippen LogP contribution in [-0.4, -0.2) is 22.2 Å². The van der Waals surface area contributed by atoms with Gasteiger partial charge < -0.3 is 9.26 Å². The van der Waals surface area contributed by atoms with E-state index in [-0.39, 0.29) is 0 Å². The third kappa shape index (κ3) is 1.56. The van der Waals surface area contributed by atoms with Crippen molar-refractivity contribution in [3.63, 3.8) is 0 Å². The SMILES string of the molecule is COc1cncc(-c2nc(C)no2)c1. The summed E-state index contributed by atoms with van der Waals surface area (Å²) in [6.07, 6.45) is 3.27. The zero-order valence-electron chi connectivity index (χ0n) is 7.89. The fraction of sp³-hybridized carbons (Fsp3) is 0.222. The zero-order chi connectivity index (χ0) is 9.97. The van der Waals surface area contributed by atoms with Crippen molar-refractivity contribution in [3.05, 3.63) is 24.3 Å². The van der Waals surface area contributed by atoms with E-state index in [1.807, 2.05) is 0 Å². The van der Waals surface area contributed by atoms with E-state index in [9.17, 15) is 0 Å². The summed E-state index contributed by atoms with van der Waals surface area (Å²) < 4.78 is 10.0. The molecule has 2 rings (SSSR count). The van der Waals surface area contributed by atoms with Crippen molar-refractivity contribution in [1.29, 1.82) is 0 Å². The maximum atomic E-state index is 5.03. The van der Waals surface area contributed by atoms with Crippen LogP contribution in [0.15, 0.2) is 23.0 Å². The van der Waals surface area contributed by atoms with Crippen molar-refractivity contribution in [2.75, 3.05) is 7.11 Å². The molecule has 0 aliphatic heterocycles. The predicted molar refractivity (Wildman–Crippen MR) is 48.8 cm³/mol. The molecule has 2 heterocycles. The predicted octanol–water partition coefficient (Wildman–Crippen LogP) is 1.45. The largest absolute Gasteiger partial charge is 0.495 e. The molecule has 5 heteroatoms. The first-order valence-corrected chi connectivity index (χ1v) is 4.09. The molecule has 72 valence electrons. The van der Waals surface area contributed by atoms with E-state index in [4.69, 9.17) is 9.26 Å². The second-order valence-electron chi connectivity index (χ2n) is 2.76. The fourth-order valence-corrected chi connectivity index (χ4v) is 1.06. The van der Waals surface area contributed by atoms with Crippen LogP contribution in [0, 0.1) is 6.92 Å². The monoisotopic (exact) mass is 191 g/mol.